The van der Waals surface area contributed by atoms with Gasteiger partial charge in [-0.05, 0) is 27.7 Å². The second-order valence-corrected chi connectivity index (χ2v) is 6.58. The molecule has 122 valence electrons. The number of hydrogen-bond donors (Lipinski definition) is 1. The van der Waals surface area contributed by atoms with E-state index in [0.717, 1.165) is 13.1 Å². The average Bonchev–Trinajstić information content (AvgIpc) is 2.36. The van der Waals surface area contributed by atoms with E-state index in [1.165, 1.54) is 0 Å². The summed E-state index contributed by atoms with van der Waals surface area (Å²) in [5.41, 5.74) is -0.563. The Morgan fingerprint density at radius 3 is 2.33 bits per heavy atom. The molecule has 1 rings (SSSR count). The summed E-state index contributed by atoms with van der Waals surface area (Å²) < 4.78 is 10.4. The fraction of sp³-hybridized carbons (Fsp3) is 0.867. The zero-order valence-corrected chi connectivity index (χ0v) is 13.8. The van der Waals surface area contributed by atoms with E-state index in [2.05, 4.69) is 10.2 Å². The zero-order chi connectivity index (χ0) is 16.0. The summed E-state index contributed by atoms with van der Waals surface area (Å²) in [5.74, 6) is -0.111. The van der Waals surface area contributed by atoms with Crippen molar-refractivity contribution in [1.29, 1.82) is 0 Å². The second-order valence-electron chi connectivity index (χ2n) is 6.58. The van der Waals surface area contributed by atoms with Crippen molar-refractivity contribution < 1.29 is 19.1 Å². The molecular formula is C15H28N2O4. The van der Waals surface area contributed by atoms with Gasteiger partial charge in [-0.1, -0.05) is 6.92 Å². The van der Waals surface area contributed by atoms with Gasteiger partial charge >= 0.3 is 6.09 Å². The molecule has 1 fully saturated rings. The van der Waals surface area contributed by atoms with Crippen molar-refractivity contribution >= 4 is 11.9 Å². The lowest BCUT2D eigenvalue weighted by atomic mass is 10.0. The van der Waals surface area contributed by atoms with E-state index in [1.54, 1.807) is 27.7 Å². The number of nitrogens with one attached hydrogen (secondary N) is 1. The number of amides is 1. The first kappa shape index (κ1) is 17.9. The van der Waals surface area contributed by atoms with E-state index in [4.69, 9.17) is 9.47 Å². The fourth-order valence-electron chi connectivity index (χ4n) is 2.24. The molecule has 1 amide bonds. The SMILES string of the molecule is CC(CN1CCOCC1)C(=O)[C@H](C)NC(=O)OC(C)(C)C. The third kappa shape index (κ3) is 6.91. The number of carbonyl (C=O) groups excluding carboxylic acids is 2. The topological polar surface area (TPSA) is 67.9 Å². The van der Waals surface area contributed by atoms with Crippen LogP contribution in [-0.2, 0) is 14.3 Å². The minimum atomic E-state index is -0.563. The molecule has 0 aromatic carbocycles. The minimum absolute atomic E-state index is 0.0207. The maximum Gasteiger partial charge on any atom is 0.408 e. The van der Waals surface area contributed by atoms with Crippen LogP contribution in [0.5, 0.6) is 0 Å². The minimum Gasteiger partial charge on any atom is -0.444 e. The van der Waals surface area contributed by atoms with Gasteiger partial charge in [0.05, 0.1) is 19.3 Å². The summed E-state index contributed by atoms with van der Waals surface area (Å²) in [6, 6.07) is -0.545. The Hall–Kier alpha value is -1.14. The molecule has 0 aromatic heterocycles. The van der Waals surface area contributed by atoms with Crippen LogP contribution in [0.4, 0.5) is 4.79 Å². The Balaban J connectivity index is 2.39. The average molecular weight is 300 g/mol. The van der Waals surface area contributed by atoms with Crippen molar-refractivity contribution in [3.63, 3.8) is 0 Å². The number of ketones is 1. The molecule has 6 nitrogen and oxygen atoms in total. The van der Waals surface area contributed by atoms with E-state index < -0.39 is 17.7 Å². The number of alkyl carbamates (subject to hydrolysis) is 1. The quantitative estimate of drug-likeness (QED) is 0.832. The van der Waals surface area contributed by atoms with E-state index >= 15 is 0 Å². The Labute approximate surface area is 127 Å². The van der Waals surface area contributed by atoms with Crippen molar-refractivity contribution in [2.75, 3.05) is 32.8 Å². The summed E-state index contributed by atoms with van der Waals surface area (Å²) >= 11 is 0. The molecule has 0 saturated carbocycles. The van der Waals surface area contributed by atoms with Crippen LogP contribution < -0.4 is 5.32 Å². The third-order valence-corrected chi connectivity index (χ3v) is 3.28. The van der Waals surface area contributed by atoms with Crippen LogP contribution in [0.15, 0.2) is 0 Å². The smallest absolute Gasteiger partial charge is 0.408 e. The number of morpholine rings is 1. The summed E-state index contributed by atoms with van der Waals surface area (Å²) in [5, 5.41) is 2.60. The van der Waals surface area contributed by atoms with Crippen LogP contribution in [0, 0.1) is 5.92 Å². The number of nitrogens with zero attached hydrogens (tertiary/aromatic N) is 1. The molecule has 6 heteroatoms. The van der Waals surface area contributed by atoms with E-state index in [0.29, 0.717) is 19.8 Å². The predicted octanol–water partition coefficient (Wildman–Crippen LogP) is 1.44. The molecule has 1 aliphatic rings. The molecule has 0 spiro atoms. The molecule has 0 bridgehead atoms. The van der Waals surface area contributed by atoms with Crippen molar-refractivity contribution in [3.8, 4) is 0 Å². The van der Waals surface area contributed by atoms with Crippen molar-refractivity contribution in [2.45, 2.75) is 46.3 Å². The molecule has 1 N–H and O–H groups in total. The molecule has 1 unspecified atom stereocenters. The number of ether oxygens (including phenoxy) is 2. The Morgan fingerprint density at radius 1 is 1.24 bits per heavy atom. The summed E-state index contributed by atoms with van der Waals surface area (Å²) in [4.78, 5) is 26.2. The molecule has 1 aliphatic heterocycles. The van der Waals surface area contributed by atoms with Gasteiger partial charge < -0.3 is 14.8 Å². The number of hydrogen-bond acceptors (Lipinski definition) is 5. The lowest BCUT2D eigenvalue weighted by Gasteiger charge is -2.29. The first-order valence-corrected chi connectivity index (χ1v) is 7.52. The molecular weight excluding hydrogens is 272 g/mol. The van der Waals surface area contributed by atoms with Crippen LogP contribution in [0.1, 0.15) is 34.6 Å². The summed E-state index contributed by atoms with van der Waals surface area (Å²) in [6.07, 6.45) is -0.554. The number of Topliss-reactive ketones (excluding diaryl/α,β-unsaturated/α-hetero) is 1. The van der Waals surface area contributed by atoms with Gasteiger partial charge in [0.15, 0.2) is 5.78 Å². The summed E-state index contributed by atoms with van der Waals surface area (Å²) in [7, 11) is 0. The van der Waals surface area contributed by atoms with Gasteiger partial charge in [0.25, 0.3) is 0 Å². The van der Waals surface area contributed by atoms with Crippen molar-refractivity contribution in [1.82, 2.24) is 10.2 Å². The predicted molar refractivity (Wildman–Crippen MR) is 80.3 cm³/mol. The first-order valence-electron chi connectivity index (χ1n) is 7.52. The summed E-state index contributed by atoms with van der Waals surface area (Å²) in [6.45, 7) is 12.8. The van der Waals surface area contributed by atoms with E-state index in [1.807, 2.05) is 6.92 Å². The van der Waals surface area contributed by atoms with Crippen molar-refractivity contribution in [2.24, 2.45) is 5.92 Å². The molecule has 0 radical (unpaired) electrons. The Bertz CT molecular complexity index is 359. The van der Waals surface area contributed by atoms with E-state index in [9.17, 15) is 9.59 Å². The van der Waals surface area contributed by atoms with Crippen LogP contribution in [0.25, 0.3) is 0 Å². The van der Waals surface area contributed by atoms with Gasteiger partial charge in [-0.25, -0.2) is 4.79 Å². The monoisotopic (exact) mass is 300 g/mol. The Kier molecular flexibility index (Phi) is 6.61. The lowest BCUT2D eigenvalue weighted by Crippen LogP contribution is -2.46. The van der Waals surface area contributed by atoms with Gasteiger partial charge in [-0.3, -0.25) is 9.69 Å². The van der Waals surface area contributed by atoms with Crippen molar-refractivity contribution in [3.05, 3.63) is 0 Å². The second kappa shape index (κ2) is 7.75. The van der Waals surface area contributed by atoms with Crippen LogP contribution in [0.2, 0.25) is 0 Å². The molecule has 0 aliphatic carbocycles. The standard InChI is InChI=1S/C15H28N2O4/c1-11(10-17-6-8-20-9-7-17)13(18)12(2)16-14(19)21-15(3,4)5/h11-12H,6-10H2,1-5H3,(H,16,19)/t11?,12-/m0/s1. The highest BCUT2D eigenvalue weighted by Gasteiger charge is 2.26. The normalized spacial score (nSPS) is 19.7. The number of carbonyl (C=O) groups is 2. The maximum atomic E-state index is 12.3. The number of rotatable bonds is 5. The van der Waals surface area contributed by atoms with Crippen LogP contribution in [0.3, 0.4) is 0 Å². The fourth-order valence-corrected chi connectivity index (χ4v) is 2.24. The highest BCUT2D eigenvalue weighted by atomic mass is 16.6. The molecule has 0 aromatic rings. The van der Waals surface area contributed by atoms with Crippen LogP contribution in [-0.4, -0.2) is 61.3 Å². The van der Waals surface area contributed by atoms with Gasteiger partial charge in [0, 0.05) is 25.6 Å². The molecule has 1 heterocycles. The Morgan fingerprint density at radius 2 is 1.81 bits per heavy atom. The largest absolute Gasteiger partial charge is 0.444 e. The van der Waals surface area contributed by atoms with Gasteiger partial charge in [0.2, 0.25) is 0 Å². The maximum absolute atomic E-state index is 12.3. The lowest BCUT2D eigenvalue weighted by molar-refractivity contribution is -0.125. The highest BCUT2D eigenvalue weighted by molar-refractivity contribution is 5.88. The molecule has 1 saturated heterocycles. The zero-order valence-electron chi connectivity index (χ0n) is 13.8. The third-order valence-electron chi connectivity index (χ3n) is 3.28. The van der Waals surface area contributed by atoms with E-state index in [-0.39, 0.29) is 11.7 Å². The highest BCUT2D eigenvalue weighted by Crippen LogP contribution is 2.09. The first-order chi connectivity index (χ1) is 9.69. The molecule has 2 atom stereocenters. The van der Waals surface area contributed by atoms with Gasteiger partial charge in [-0.15, -0.1) is 0 Å². The van der Waals surface area contributed by atoms with Gasteiger partial charge in [0.1, 0.15) is 5.60 Å². The van der Waals surface area contributed by atoms with Gasteiger partial charge in [-0.2, -0.15) is 0 Å². The van der Waals surface area contributed by atoms with Crippen LogP contribution >= 0.6 is 0 Å². The molecule has 21 heavy (non-hydrogen) atoms.